The number of pyridine rings is 1. The standard InChI is InChI=1S/C13H10Cl2N2O/c14-7-9-1-3-10(4-2-9)17-13(18)11-5-6-16-8-12(11)15/h1-6,8H,7H2,(H,17,18). The number of carbonyl (C=O) groups is 1. The number of alkyl halides is 1. The summed E-state index contributed by atoms with van der Waals surface area (Å²) in [7, 11) is 0. The molecular formula is C13H10Cl2N2O. The third-order valence-electron chi connectivity index (χ3n) is 2.38. The summed E-state index contributed by atoms with van der Waals surface area (Å²) in [5.74, 6) is 0.186. The predicted octanol–water partition coefficient (Wildman–Crippen LogP) is 3.73. The number of rotatable bonds is 3. The van der Waals surface area contributed by atoms with Gasteiger partial charge in [0.2, 0.25) is 0 Å². The van der Waals surface area contributed by atoms with E-state index < -0.39 is 0 Å². The number of anilines is 1. The fourth-order valence-electron chi connectivity index (χ4n) is 1.43. The van der Waals surface area contributed by atoms with Gasteiger partial charge in [-0.1, -0.05) is 23.7 Å². The van der Waals surface area contributed by atoms with Crippen LogP contribution < -0.4 is 5.32 Å². The van der Waals surface area contributed by atoms with Gasteiger partial charge in [-0.05, 0) is 23.8 Å². The summed E-state index contributed by atoms with van der Waals surface area (Å²) in [6.07, 6.45) is 2.96. The Morgan fingerprint density at radius 3 is 2.56 bits per heavy atom. The lowest BCUT2D eigenvalue weighted by atomic mass is 10.2. The van der Waals surface area contributed by atoms with Crippen molar-refractivity contribution < 1.29 is 4.79 Å². The van der Waals surface area contributed by atoms with E-state index in [1.54, 1.807) is 18.2 Å². The number of halogens is 2. The van der Waals surface area contributed by atoms with E-state index in [0.29, 0.717) is 22.2 Å². The lowest BCUT2D eigenvalue weighted by Crippen LogP contribution is -2.12. The molecule has 0 atom stereocenters. The van der Waals surface area contributed by atoms with Crippen molar-refractivity contribution in [3.05, 3.63) is 58.9 Å². The second-order valence-corrected chi connectivity index (χ2v) is 4.31. The number of nitrogens with one attached hydrogen (secondary N) is 1. The van der Waals surface area contributed by atoms with Gasteiger partial charge in [-0.2, -0.15) is 0 Å². The van der Waals surface area contributed by atoms with Gasteiger partial charge in [0.25, 0.3) is 5.91 Å². The molecular weight excluding hydrogens is 271 g/mol. The first-order valence-corrected chi connectivity index (χ1v) is 6.17. The highest BCUT2D eigenvalue weighted by Crippen LogP contribution is 2.16. The van der Waals surface area contributed by atoms with Crippen LogP contribution in [-0.2, 0) is 5.88 Å². The van der Waals surface area contributed by atoms with Gasteiger partial charge in [0.15, 0.2) is 0 Å². The van der Waals surface area contributed by atoms with Crippen LogP contribution in [0.2, 0.25) is 5.02 Å². The van der Waals surface area contributed by atoms with Crippen molar-refractivity contribution in [2.45, 2.75) is 5.88 Å². The Hall–Kier alpha value is -1.58. The van der Waals surface area contributed by atoms with E-state index in [-0.39, 0.29) is 5.91 Å². The average Bonchev–Trinajstić information content (AvgIpc) is 2.40. The summed E-state index contributed by atoms with van der Waals surface area (Å²) in [6, 6.07) is 8.88. The van der Waals surface area contributed by atoms with Crippen molar-refractivity contribution in [3.63, 3.8) is 0 Å². The van der Waals surface area contributed by atoms with Gasteiger partial charge >= 0.3 is 0 Å². The molecule has 1 aromatic carbocycles. The van der Waals surface area contributed by atoms with E-state index in [1.807, 2.05) is 12.1 Å². The zero-order chi connectivity index (χ0) is 13.0. The van der Waals surface area contributed by atoms with E-state index in [9.17, 15) is 4.79 Å². The summed E-state index contributed by atoms with van der Waals surface area (Å²) in [4.78, 5) is 15.8. The van der Waals surface area contributed by atoms with Gasteiger partial charge in [-0.25, -0.2) is 0 Å². The van der Waals surface area contributed by atoms with Crippen molar-refractivity contribution in [1.82, 2.24) is 4.98 Å². The van der Waals surface area contributed by atoms with Crippen LogP contribution >= 0.6 is 23.2 Å². The van der Waals surface area contributed by atoms with Crippen molar-refractivity contribution in [2.24, 2.45) is 0 Å². The minimum atomic E-state index is -0.263. The zero-order valence-corrected chi connectivity index (χ0v) is 10.9. The topological polar surface area (TPSA) is 42.0 Å². The Morgan fingerprint density at radius 1 is 1.22 bits per heavy atom. The number of amides is 1. The van der Waals surface area contributed by atoms with E-state index in [2.05, 4.69) is 10.3 Å². The van der Waals surface area contributed by atoms with E-state index in [0.717, 1.165) is 5.56 Å². The maximum Gasteiger partial charge on any atom is 0.257 e. The molecule has 18 heavy (non-hydrogen) atoms. The molecule has 0 radical (unpaired) electrons. The predicted molar refractivity (Wildman–Crippen MR) is 73.2 cm³/mol. The van der Waals surface area contributed by atoms with Crippen LogP contribution in [0.15, 0.2) is 42.7 Å². The van der Waals surface area contributed by atoms with Crippen LogP contribution in [0.1, 0.15) is 15.9 Å². The third kappa shape index (κ3) is 3.00. The Kier molecular flexibility index (Phi) is 4.18. The molecule has 0 unspecified atom stereocenters. The van der Waals surface area contributed by atoms with Gasteiger partial charge < -0.3 is 5.32 Å². The lowest BCUT2D eigenvalue weighted by molar-refractivity contribution is 0.102. The SMILES string of the molecule is O=C(Nc1ccc(CCl)cc1)c1ccncc1Cl. The second kappa shape index (κ2) is 5.85. The van der Waals surface area contributed by atoms with Gasteiger partial charge in [0.1, 0.15) is 0 Å². The molecule has 2 aromatic rings. The first kappa shape index (κ1) is 12.9. The summed E-state index contributed by atoms with van der Waals surface area (Å²) < 4.78 is 0. The number of aromatic nitrogens is 1. The molecule has 2 rings (SSSR count). The van der Waals surface area contributed by atoms with E-state index in [1.165, 1.54) is 12.4 Å². The summed E-state index contributed by atoms with van der Waals surface area (Å²) in [6.45, 7) is 0. The van der Waals surface area contributed by atoms with Crippen molar-refractivity contribution in [1.29, 1.82) is 0 Å². The Balaban J connectivity index is 2.14. The molecule has 92 valence electrons. The molecule has 0 fully saturated rings. The highest BCUT2D eigenvalue weighted by atomic mass is 35.5. The largest absolute Gasteiger partial charge is 0.322 e. The van der Waals surface area contributed by atoms with Gasteiger partial charge in [0.05, 0.1) is 10.6 Å². The monoisotopic (exact) mass is 280 g/mol. The number of hydrogen-bond donors (Lipinski definition) is 1. The van der Waals surface area contributed by atoms with E-state index in [4.69, 9.17) is 23.2 Å². The molecule has 0 saturated carbocycles. The molecule has 1 aromatic heterocycles. The highest BCUT2D eigenvalue weighted by molar-refractivity contribution is 6.34. The van der Waals surface area contributed by atoms with Crippen LogP contribution in [0.4, 0.5) is 5.69 Å². The maximum absolute atomic E-state index is 11.9. The lowest BCUT2D eigenvalue weighted by Gasteiger charge is -2.06. The first-order chi connectivity index (χ1) is 8.70. The number of hydrogen-bond acceptors (Lipinski definition) is 2. The maximum atomic E-state index is 11.9. The highest BCUT2D eigenvalue weighted by Gasteiger charge is 2.09. The minimum Gasteiger partial charge on any atom is -0.322 e. The van der Waals surface area contributed by atoms with Crippen molar-refractivity contribution in [3.8, 4) is 0 Å². The Labute approximate surface area is 115 Å². The van der Waals surface area contributed by atoms with Crippen LogP contribution in [0.3, 0.4) is 0 Å². The molecule has 0 saturated heterocycles. The van der Waals surface area contributed by atoms with Crippen LogP contribution in [0, 0.1) is 0 Å². The number of nitrogens with zero attached hydrogens (tertiary/aromatic N) is 1. The van der Waals surface area contributed by atoms with E-state index >= 15 is 0 Å². The molecule has 5 heteroatoms. The average molecular weight is 281 g/mol. The normalized spacial score (nSPS) is 10.1. The minimum absolute atomic E-state index is 0.263. The summed E-state index contributed by atoms with van der Waals surface area (Å²) >= 11 is 11.6. The van der Waals surface area contributed by atoms with Gasteiger partial charge in [0, 0.05) is 24.0 Å². The van der Waals surface area contributed by atoms with Gasteiger partial charge in [-0.3, -0.25) is 9.78 Å². The second-order valence-electron chi connectivity index (χ2n) is 3.64. The molecule has 0 aliphatic rings. The summed E-state index contributed by atoms with van der Waals surface area (Å²) in [5, 5.41) is 3.08. The Morgan fingerprint density at radius 2 is 1.94 bits per heavy atom. The fraction of sp³-hybridized carbons (Fsp3) is 0.0769. The van der Waals surface area contributed by atoms with Crippen molar-refractivity contribution in [2.75, 3.05) is 5.32 Å². The van der Waals surface area contributed by atoms with Gasteiger partial charge in [-0.15, -0.1) is 11.6 Å². The molecule has 0 spiro atoms. The first-order valence-electron chi connectivity index (χ1n) is 5.26. The third-order valence-corrected chi connectivity index (χ3v) is 2.99. The molecule has 1 amide bonds. The molecule has 1 heterocycles. The smallest absolute Gasteiger partial charge is 0.257 e. The zero-order valence-electron chi connectivity index (χ0n) is 9.36. The molecule has 0 bridgehead atoms. The number of carbonyl (C=O) groups excluding carboxylic acids is 1. The fourth-order valence-corrected chi connectivity index (χ4v) is 1.82. The molecule has 0 aliphatic carbocycles. The summed E-state index contributed by atoms with van der Waals surface area (Å²) in [5.41, 5.74) is 2.09. The molecule has 3 nitrogen and oxygen atoms in total. The van der Waals surface area contributed by atoms with Crippen molar-refractivity contribution >= 4 is 34.8 Å². The number of benzene rings is 1. The van der Waals surface area contributed by atoms with Crippen LogP contribution in [0.25, 0.3) is 0 Å². The quantitative estimate of drug-likeness (QED) is 0.871. The Bertz CT molecular complexity index is 555. The molecule has 1 N–H and O–H groups in total. The molecule has 0 aliphatic heterocycles. The van der Waals surface area contributed by atoms with Crippen LogP contribution in [0.5, 0.6) is 0 Å². The van der Waals surface area contributed by atoms with Crippen LogP contribution in [-0.4, -0.2) is 10.9 Å².